The van der Waals surface area contributed by atoms with E-state index in [1.54, 1.807) is 12.1 Å². The van der Waals surface area contributed by atoms with Crippen molar-refractivity contribution in [2.75, 3.05) is 26.2 Å². The molecule has 0 saturated carbocycles. The molecule has 0 unspecified atom stereocenters. The molecule has 0 aliphatic carbocycles. The topological polar surface area (TPSA) is 323 Å². The molecule has 19 heteroatoms. The Bertz CT molecular complexity index is 552. The molecule has 0 aromatic rings. The van der Waals surface area contributed by atoms with E-state index < -0.39 is 20.5 Å². The summed E-state index contributed by atoms with van der Waals surface area (Å²) in [5, 5.41) is 42.2. The molecule has 0 amide bonds. The molecule has 5 N–H and O–H groups in total. The van der Waals surface area contributed by atoms with Gasteiger partial charge in [-0.05, 0) is 54.4 Å². The van der Waals surface area contributed by atoms with Crippen LogP contribution in [0.15, 0.2) is 0 Å². The van der Waals surface area contributed by atoms with E-state index in [9.17, 15) is 0 Å². The molecule has 1 heterocycles. The smallest absolute Gasteiger partial charge is 0.727 e. The fourth-order valence-corrected chi connectivity index (χ4v) is 3.26. The van der Waals surface area contributed by atoms with Crippen LogP contribution in [0.4, 0.5) is 0 Å². The predicted octanol–water partition coefficient (Wildman–Crippen LogP) is -8.16. The maximum atomic E-state index is 8.49. The summed E-state index contributed by atoms with van der Waals surface area (Å²) < 4.78 is 67.9. The Morgan fingerprint density at radius 2 is 0.821 bits per heavy atom. The van der Waals surface area contributed by atoms with Gasteiger partial charge in [0.1, 0.15) is 0 Å². The van der Waals surface area contributed by atoms with Crippen LogP contribution < -0.4 is 63.8 Å². The van der Waals surface area contributed by atoms with Crippen LogP contribution in [-0.4, -0.2) is 54.6 Å². The normalized spacial score (nSPS) is 20.7. The molecule has 0 spiro atoms. The number of nitriles is 2. The fourth-order valence-electron chi connectivity index (χ4n) is 3.26. The van der Waals surface area contributed by atoms with Gasteiger partial charge in [-0.2, -0.15) is 10.5 Å². The number of hydrogen-bond acceptors (Lipinski definition) is 16. The second-order valence-electron chi connectivity index (χ2n) is 8.94. The Balaban J connectivity index is -0.000000118. The van der Waals surface area contributed by atoms with E-state index >= 15 is 0 Å². The van der Waals surface area contributed by atoms with E-state index in [1.807, 2.05) is 0 Å². The first-order valence-electron chi connectivity index (χ1n) is 11.0. The van der Waals surface area contributed by atoms with Crippen LogP contribution in [0.5, 0.6) is 0 Å². The third-order valence-corrected chi connectivity index (χ3v) is 4.08. The Morgan fingerprint density at radius 1 is 0.641 bits per heavy atom. The zero-order valence-electron chi connectivity index (χ0n) is 23.5. The van der Waals surface area contributed by atoms with Crippen LogP contribution in [0.3, 0.4) is 0 Å². The van der Waals surface area contributed by atoms with E-state index in [4.69, 9.17) is 58.3 Å². The molecule has 236 valence electrons. The van der Waals surface area contributed by atoms with Crippen molar-refractivity contribution in [2.45, 2.75) is 91.4 Å². The first-order valence-corrected chi connectivity index (χ1v) is 13.5. The molecule has 1 rings (SSSR count). The average molecular weight is 657 g/mol. The first-order chi connectivity index (χ1) is 17.0. The van der Waals surface area contributed by atoms with Crippen molar-refractivity contribution in [1.82, 2.24) is 21.3 Å². The largest absolute Gasteiger partial charge is 3.00 e. The minimum atomic E-state index is -4.94. The number of nitrogens with one attached hydrogen (secondary N) is 4. The van der Waals surface area contributed by atoms with Gasteiger partial charge in [0, 0.05) is 63.2 Å². The van der Waals surface area contributed by atoms with Gasteiger partial charge in [-0.15, -0.1) is 20.5 Å². The quantitative estimate of drug-likeness (QED) is 0.119. The van der Waals surface area contributed by atoms with Gasteiger partial charge in [0.05, 0.1) is 12.1 Å². The molecule has 1 fully saturated rings. The van der Waals surface area contributed by atoms with Gasteiger partial charge in [0.15, 0.2) is 0 Å². The van der Waals surface area contributed by atoms with Crippen LogP contribution in [0.2, 0.25) is 0 Å². The SMILES string of the molecule is CC#N.CC#N.C[C@@H]1CC(C)(C)NCCN[C@@H](C)CC(C)(C)NCCN1.[Co+3].[O-]O.[O-][Cl+3]([O-])([O-])[O-].[O-][Cl+3]([O-])([O-])[O-]. The third-order valence-electron chi connectivity index (χ3n) is 4.08. The zero-order chi connectivity index (χ0) is 31.6. The van der Waals surface area contributed by atoms with Gasteiger partial charge >= 0.3 is 16.8 Å². The van der Waals surface area contributed by atoms with Crippen LogP contribution in [0.25, 0.3) is 0 Å². The second-order valence-corrected chi connectivity index (χ2v) is 10.5. The molecule has 1 aliphatic rings. The van der Waals surface area contributed by atoms with Crippen molar-refractivity contribution in [3.8, 4) is 12.1 Å². The van der Waals surface area contributed by atoms with Crippen molar-refractivity contribution >= 4 is 0 Å². The Morgan fingerprint density at radius 3 is 1.00 bits per heavy atom. The second kappa shape index (κ2) is 29.0. The standard InChI is InChI=1S/C16H36N4.2C2H3N.2ClHO4.Co.H2O2/c1-13-11-15(3,4)19-10-8-18-14(2)12-16(5,6)20-9-7-17-13;2*1-2-3;2*2-1(3,4)5;;1-2/h13-14,17-20H,7-12H2,1-6H3;2*1H3;2*(H,2,3,4,5);;1-2H/q;;;;;+3;/p-3/t13-,14+;;;;;;. The minimum absolute atomic E-state index is 0. The Labute approximate surface area is 246 Å². The van der Waals surface area contributed by atoms with Gasteiger partial charge < -0.3 is 31.8 Å². The van der Waals surface area contributed by atoms with Gasteiger partial charge in [-0.25, -0.2) is 37.3 Å². The molecule has 0 bridgehead atoms. The number of rotatable bonds is 0. The van der Waals surface area contributed by atoms with Gasteiger partial charge in [0.25, 0.3) is 0 Å². The molecular weight excluding hydrogens is 614 g/mol. The molecular formula is C20H43Cl2CoN6O10. The van der Waals surface area contributed by atoms with Crippen molar-refractivity contribution in [3.63, 3.8) is 0 Å². The molecule has 0 radical (unpaired) electrons. The molecule has 0 aromatic carbocycles. The molecule has 16 nitrogen and oxygen atoms in total. The Kier molecular flexibility index (Phi) is 38.1. The van der Waals surface area contributed by atoms with Crippen molar-refractivity contribution in [3.05, 3.63) is 0 Å². The van der Waals surface area contributed by atoms with Gasteiger partial charge in [-0.1, -0.05) is 0 Å². The van der Waals surface area contributed by atoms with E-state index in [-0.39, 0.29) is 27.9 Å². The monoisotopic (exact) mass is 656 g/mol. The van der Waals surface area contributed by atoms with Crippen LogP contribution in [-0.2, 0) is 16.8 Å². The third kappa shape index (κ3) is 72.7. The van der Waals surface area contributed by atoms with E-state index in [2.05, 4.69) is 62.8 Å². The Hall–Kier alpha value is -0.494. The van der Waals surface area contributed by atoms with Crippen molar-refractivity contribution in [1.29, 1.82) is 10.5 Å². The molecule has 2 atom stereocenters. The summed E-state index contributed by atoms with van der Waals surface area (Å²) in [4.78, 5) is 0. The summed E-state index contributed by atoms with van der Waals surface area (Å²) in [6.45, 7) is 20.7. The van der Waals surface area contributed by atoms with Crippen LogP contribution >= 0.6 is 0 Å². The summed E-state index contributed by atoms with van der Waals surface area (Å²) in [6.07, 6.45) is 2.29. The van der Waals surface area contributed by atoms with Crippen LogP contribution in [0, 0.1) is 43.1 Å². The molecule has 1 saturated heterocycles. The fraction of sp³-hybridized carbons (Fsp3) is 0.900. The van der Waals surface area contributed by atoms with E-state index in [0.717, 1.165) is 39.0 Å². The number of halogens is 2. The number of nitrogens with zero attached hydrogens (tertiary/aromatic N) is 2. The van der Waals surface area contributed by atoms with Gasteiger partial charge in [-0.3, -0.25) is 0 Å². The molecule has 39 heavy (non-hydrogen) atoms. The minimum Gasteiger partial charge on any atom is -0.727 e. The van der Waals surface area contributed by atoms with Crippen molar-refractivity contribution < 1.29 is 85.1 Å². The first kappa shape index (κ1) is 51.3. The molecule has 0 aromatic heterocycles. The van der Waals surface area contributed by atoms with Crippen LogP contribution in [0.1, 0.15) is 68.2 Å². The van der Waals surface area contributed by atoms with E-state index in [0.29, 0.717) is 12.1 Å². The summed E-state index contributed by atoms with van der Waals surface area (Å²) in [7, 11) is -9.89. The maximum absolute atomic E-state index is 8.49. The predicted molar refractivity (Wildman–Crippen MR) is 114 cm³/mol. The van der Waals surface area contributed by atoms with Crippen molar-refractivity contribution in [2.24, 2.45) is 0 Å². The number of hydrogen-bond donors (Lipinski definition) is 5. The summed E-state index contributed by atoms with van der Waals surface area (Å²) in [6, 6.07) is 4.58. The van der Waals surface area contributed by atoms with Gasteiger partial charge in [0.2, 0.25) is 0 Å². The summed E-state index contributed by atoms with van der Waals surface area (Å²) >= 11 is 0. The maximum Gasteiger partial charge on any atom is 3.00 e. The molecule has 1 aliphatic heterocycles. The summed E-state index contributed by atoms with van der Waals surface area (Å²) in [5.41, 5.74) is 0.377. The average Bonchev–Trinajstić information content (AvgIpc) is 2.68. The summed E-state index contributed by atoms with van der Waals surface area (Å²) in [5.74, 6) is 0. The zero-order valence-corrected chi connectivity index (χ0v) is 26.1. The van der Waals surface area contributed by atoms with E-state index in [1.165, 1.54) is 13.8 Å².